The number of amides is 2. The van der Waals surface area contributed by atoms with Crippen LogP contribution in [0.5, 0.6) is 11.5 Å². The molecule has 32 heavy (non-hydrogen) atoms. The van der Waals surface area contributed by atoms with Gasteiger partial charge in [-0.1, -0.05) is 18.2 Å². The monoisotopic (exact) mass is 441 g/mol. The number of nitrogens with one attached hydrogen (secondary N) is 1. The second kappa shape index (κ2) is 9.56. The van der Waals surface area contributed by atoms with E-state index in [9.17, 15) is 14.0 Å². The van der Waals surface area contributed by atoms with Crippen molar-refractivity contribution in [2.24, 2.45) is 0 Å². The molecule has 0 aliphatic carbocycles. The molecule has 0 saturated carbocycles. The maximum absolute atomic E-state index is 13.4. The number of halogens is 1. The van der Waals surface area contributed by atoms with Crippen molar-refractivity contribution in [3.8, 4) is 11.5 Å². The zero-order valence-corrected chi connectivity index (χ0v) is 18.3. The Bertz CT molecular complexity index is 980. The van der Waals surface area contributed by atoms with Crippen molar-refractivity contribution < 1.29 is 23.5 Å². The lowest BCUT2D eigenvalue weighted by atomic mass is 10.0. The minimum absolute atomic E-state index is 0.0468. The Balaban J connectivity index is 1.47. The molecular formula is C24H28FN3O4. The number of fused-ring (bicyclic) bond motifs is 1. The number of benzene rings is 2. The lowest BCUT2D eigenvalue weighted by molar-refractivity contribution is -0.136. The standard InChI is InChI=1S/C24H28FN3O4/c1-27(2)12-11-19(17-4-6-18(25)7-5-17)26-24(30)20-8-10-23(29)28(20)14-16-3-9-21-22(13-16)32-15-31-21/h3-7,9,13,19-20H,8,10-12,14-15H2,1-2H3,(H,26,30). The molecule has 1 N–H and O–H groups in total. The van der Waals surface area contributed by atoms with Crippen LogP contribution in [0.1, 0.15) is 36.4 Å². The molecule has 1 saturated heterocycles. The van der Waals surface area contributed by atoms with Crippen molar-refractivity contribution in [1.82, 2.24) is 15.1 Å². The van der Waals surface area contributed by atoms with Crippen LogP contribution in [0.2, 0.25) is 0 Å². The van der Waals surface area contributed by atoms with Gasteiger partial charge in [-0.15, -0.1) is 0 Å². The van der Waals surface area contributed by atoms with E-state index >= 15 is 0 Å². The van der Waals surface area contributed by atoms with Crippen LogP contribution >= 0.6 is 0 Å². The molecule has 2 unspecified atom stereocenters. The second-order valence-electron chi connectivity index (χ2n) is 8.47. The van der Waals surface area contributed by atoms with Crippen molar-refractivity contribution in [2.45, 2.75) is 37.9 Å². The van der Waals surface area contributed by atoms with Crippen LogP contribution in [0.25, 0.3) is 0 Å². The molecule has 0 radical (unpaired) electrons. The molecule has 2 aliphatic rings. The Morgan fingerprint density at radius 3 is 2.69 bits per heavy atom. The predicted octanol–water partition coefficient (Wildman–Crippen LogP) is 2.85. The third kappa shape index (κ3) is 5.02. The summed E-state index contributed by atoms with van der Waals surface area (Å²) in [4.78, 5) is 29.5. The molecule has 2 atom stereocenters. The smallest absolute Gasteiger partial charge is 0.243 e. The summed E-state index contributed by atoms with van der Waals surface area (Å²) >= 11 is 0. The van der Waals surface area contributed by atoms with Crippen LogP contribution in [0, 0.1) is 5.82 Å². The Morgan fingerprint density at radius 2 is 1.94 bits per heavy atom. The van der Waals surface area contributed by atoms with Gasteiger partial charge in [0.1, 0.15) is 11.9 Å². The highest BCUT2D eigenvalue weighted by Gasteiger charge is 2.37. The molecule has 2 aromatic carbocycles. The summed E-state index contributed by atoms with van der Waals surface area (Å²) < 4.78 is 24.2. The first-order valence-corrected chi connectivity index (χ1v) is 10.8. The highest BCUT2D eigenvalue weighted by Crippen LogP contribution is 2.33. The van der Waals surface area contributed by atoms with Crippen LogP contribution in [-0.4, -0.2) is 55.1 Å². The first-order chi connectivity index (χ1) is 15.4. The Morgan fingerprint density at radius 1 is 1.19 bits per heavy atom. The molecule has 0 spiro atoms. The summed E-state index contributed by atoms with van der Waals surface area (Å²) in [6.45, 7) is 1.27. The number of likely N-dealkylation sites (tertiary alicyclic amines) is 1. The van der Waals surface area contributed by atoms with E-state index in [0.29, 0.717) is 37.3 Å². The molecule has 7 nitrogen and oxygen atoms in total. The fourth-order valence-electron chi connectivity index (χ4n) is 4.11. The number of rotatable bonds is 8. The quantitative estimate of drug-likeness (QED) is 0.682. The van der Waals surface area contributed by atoms with Gasteiger partial charge in [0.2, 0.25) is 18.6 Å². The first kappa shape index (κ1) is 22.1. The highest BCUT2D eigenvalue weighted by atomic mass is 19.1. The normalized spacial score (nSPS) is 18.3. The first-order valence-electron chi connectivity index (χ1n) is 10.8. The minimum Gasteiger partial charge on any atom is -0.454 e. The summed E-state index contributed by atoms with van der Waals surface area (Å²) in [5.74, 6) is 0.774. The molecule has 2 heterocycles. The molecule has 0 bridgehead atoms. The Hall–Kier alpha value is -3.13. The average Bonchev–Trinajstić information content (AvgIpc) is 3.38. The van der Waals surface area contributed by atoms with E-state index < -0.39 is 6.04 Å². The van der Waals surface area contributed by atoms with Gasteiger partial charge in [0.15, 0.2) is 11.5 Å². The van der Waals surface area contributed by atoms with Crippen molar-refractivity contribution in [3.05, 3.63) is 59.4 Å². The molecule has 0 aromatic heterocycles. The van der Waals surface area contributed by atoms with Crippen LogP contribution in [0.4, 0.5) is 4.39 Å². The number of ether oxygens (including phenoxy) is 2. The fraction of sp³-hybridized carbons (Fsp3) is 0.417. The largest absolute Gasteiger partial charge is 0.454 e. The van der Waals surface area contributed by atoms with E-state index in [-0.39, 0.29) is 30.5 Å². The van der Waals surface area contributed by atoms with Crippen LogP contribution in [0.3, 0.4) is 0 Å². The minimum atomic E-state index is -0.546. The summed E-state index contributed by atoms with van der Waals surface area (Å²) in [6.07, 6.45) is 1.48. The molecule has 8 heteroatoms. The molecule has 2 amide bonds. The highest BCUT2D eigenvalue weighted by molar-refractivity contribution is 5.91. The lowest BCUT2D eigenvalue weighted by Gasteiger charge is -2.27. The number of hydrogen-bond donors (Lipinski definition) is 1. The molecular weight excluding hydrogens is 413 g/mol. The van der Waals surface area contributed by atoms with Crippen LogP contribution in [-0.2, 0) is 16.1 Å². The topological polar surface area (TPSA) is 71.1 Å². The van der Waals surface area contributed by atoms with E-state index in [1.54, 1.807) is 17.0 Å². The number of hydrogen-bond acceptors (Lipinski definition) is 5. The van der Waals surface area contributed by atoms with E-state index in [1.165, 1.54) is 12.1 Å². The van der Waals surface area contributed by atoms with Gasteiger partial charge >= 0.3 is 0 Å². The van der Waals surface area contributed by atoms with E-state index in [0.717, 1.165) is 17.7 Å². The Kier molecular flexibility index (Phi) is 6.60. The number of carbonyl (C=O) groups is 2. The number of carbonyl (C=O) groups excluding carboxylic acids is 2. The predicted molar refractivity (Wildman–Crippen MR) is 117 cm³/mol. The van der Waals surface area contributed by atoms with Crippen molar-refractivity contribution in [1.29, 1.82) is 0 Å². The summed E-state index contributed by atoms with van der Waals surface area (Å²) in [7, 11) is 3.93. The second-order valence-corrected chi connectivity index (χ2v) is 8.47. The van der Waals surface area contributed by atoms with Crippen LogP contribution in [0.15, 0.2) is 42.5 Å². The fourth-order valence-corrected chi connectivity index (χ4v) is 4.11. The van der Waals surface area contributed by atoms with Gasteiger partial charge in [-0.3, -0.25) is 9.59 Å². The van der Waals surface area contributed by atoms with Gasteiger partial charge in [0.05, 0.1) is 6.04 Å². The van der Waals surface area contributed by atoms with E-state index in [1.807, 2.05) is 37.2 Å². The van der Waals surface area contributed by atoms with E-state index in [2.05, 4.69) is 5.32 Å². The van der Waals surface area contributed by atoms with Gasteiger partial charge in [-0.25, -0.2) is 4.39 Å². The average molecular weight is 442 g/mol. The van der Waals surface area contributed by atoms with Crippen LogP contribution < -0.4 is 14.8 Å². The van der Waals surface area contributed by atoms with Gasteiger partial charge in [0, 0.05) is 13.0 Å². The van der Waals surface area contributed by atoms with E-state index in [4.69, 9.17) is 9.47 Å². The zero-order chi connectivity index (χ0) is 22.7. The Labute approximate surface area is 187 Å². The summed E-state index contributed by atoms with van der Waals surface area (Å²) in [5, 5.41) is 3.10. The van der Waals surface area contributed by atoms with Gasteiger partial charge in [0.25, 0.3) is 0 Å². The SMILES string of the molecule is CN(C)CCC(NC(=O)C1CCC(=O)N1Cc1ccc2c(c1)OCO2)c1ccc(F)cc1. The third-order valence-corrected chi connectivity index (χ3v) is 5.87. The molecule has 4 rings (SSSR count). The van der Waals surface area contributed by atoms with Crippen molar-refractivity contribution in [3.63, 3.8) is 0 Å². The van der Waals surface area contributed by atoms with Crippen molar-refractivity contribution >= 4 is 11.8 Å². The van der Waals surface area contributed by atoms with Gasteiger partial charge in [-0.05, 0) is 68.9 Å². The number of nitrogens with zero attached hydrogens (tertiary/aromatic N) is 2. The molecule has 1 fully saturated rings. The summed E-state index contributed by atoms with van der Waals surface area (Å²) in [6, 6.07) is 10.9. The third-order valence-electron chi connectivity index (χ3n) is 5.87. The molecule has 2 aliphatic heterocycles. The molecule has 2 aromatic rings. The summed E-state index contributed by atoms with van der Waals surface area (Å²) in [5.41, 5.74) is 1.72. The maximum Gasteiger partial charge on any atom is 0.243 e. The van der Waals surface area contributed by atoms with Crippen molar-refractivity contribution in [2.75, 3.05) is 27.4 Å². The van der Waals surface area contributed by atoms with Gasteiger partial charge in [-0.2, -0.15) is 0 Å². The zero-order valence-electron chi connectivity index (χ0n) is 18.3. The maximum atomic E-state index is 13.4. The van der Waals surface area contributed by atoms with Gasteiger partial charge < -0.3 is 24.6 Å². The molecule has 170 valence electrons. The lowest BCUT2D eigenvalue weighted by Crippen LogP contribution is -2.45.